The molecule has 1 amide bonds. The molecule has 0 spiro atoms. The number of benzene rings is 1. The predicted octanol–water partition coefficient (Wildman–Crippen LogP) is 2.68. The Labute approximate surface area is 129 Å². The third-order valence-electron chi connectivity index (χ3n) is 4.70. The summed E-state index contributed by atoms with van der Waals surface area (Å²) in [6, 6.07) is 8.14. The number of fused-ring (bicyclic) bond motifs is 1. The number of H-pyrrole nitrogens is 1. The first kappa shape index (κ1) is 13.5. The molecule has 0 saturated carbocycles. The summed E-state index contributed by atoms with van der Waals surface area (Å²) in [4.78, 5) is 14.9. The van der Waals surface area contributed by atoms with Gasteiger partial charge >= 0.3 is 0 Å². The van der Waals surface area contributed by atoms with E-state index in [0.29, 0.717) is 18.1 Å². The van der Waals surface area contributed by atoms with E-state index in [1.165, 1.54) is 5.56 Å². The van der Waals surface area contributed by atoms with E-state index in [2.05, 4.69) is 23.2 Å². The van der Waals surface area contributed by atoms with Gasteiger partial charge < -0.3 is 9.64 Å². The van der Waals surface area contributed by atoms with E-state index in [1.807, 2.05) is 23.1 Å². The number of aromatic amines is 1. The van der Waals surface area contributed by atoms with Gasteiger partial charge in [0.15, 0.2) is 0 Å². The molecule has 0 radical (unpaired) electrons. The topological polar surface area (TPSA) is 58.2 Å². The highest BCUT2D eigenvalue weighted by atomic mass is 16.5. The van der Waals surface area contributed by atoms with E-state index in [1.54, 1.807) is 6.20 Å². The number of amides is 1. The number of para-hydroxylation sites is 1. The van der Waals surface area contributed by atoms with E-state index in [4.69, 9.17) is 4.74 Å². The first-order valence-electron chi connectivity index (χ1n) is 7.77. The number of aromatic nitrogens is 2. The lowest BCUT2D eigenvalue weighted by Crippen LogP contribution is -2.30. The molecular formula is C17H19N3O2. The zero-order valence-electron chi connectivity index (χ0n) is 12.6. The van der Waals surface area contributed by atoms with Gasteiger partial charge in [0, 0.05) is 30.7 Å². The van der Waals surface area contributed by atoms with Crippen LogP contribution in [0.3, 0.4) is 0 Å². The Morgan fingerprint density at radius 1 is 1.41 bits per heavy atom. The van der Waals surface area contributed by atoms with E-state index in [0.717, 1.165) is 31.0 Å². The zero-order chi connectivity index (χ0) is 15.1. The Balaban J connectivity index is 1.68. The summed E-state index contributed by atoms with van der Waals surface area (Å²) in [7, 11) is 0. The molecule has 2 aromatic rings. The maximum Gasteiger partial charge on any atom is 0.261 e. The fraction of sp³-hybridized carbons (Fsp3) is 0.412. The summed E-state index contributed by atoms with van der Waals surface area (Å²) in [5.41, 5.74) is 3.86. The fourth-order valence-corrected chi connectivity index (χ4v) is 3.50. The number of carbonyl (C=O) groups excluding carboxylic acids is 1. The maximum atomic E-state index is 13.0. The molecule has 22 heavy (non-hydrogen) atoms. The van der Waals surface area contributed by atoms with Gasteiger partial charge in [0.25, 0.3) is 5.91 Å². The lowest BCUT2D eigenvalue weighted by Gasteiger charge is -2.18. The van der Waals surface area contributed by atoms with Gasteiger partial charge in [0.1, 0.15) is 0 Å². The average Bonchev–Trinajstić information content (AvgIpc) is 3.26. The number of carbonyl (C=O) groups is 1. The number of hydrogen-bond donors (Lipinski definition) is 1. The SMILES string of the molecule is C[C@@H]1CN(C(=O)c2cn[nH]c2[C@H]2CCOC2)c2ccccc21. The molecule has 4 rings (SSSR count). The standard InChI is InChI=1S/C17H19N3O2/c1-11-9-20(15-5-3-2-4-13(11)15)17(21)14-8-18-19-16(14)12-6-7-22-10-12/h2-5,8,11-12H,6-7,9-10H2,1H3,(H,18,19)/t11-,12+/m1/s1. The number of nitrogens with zero attached hydrogens (tertiary/aromatic N) is 2. The van der Waals surface area contributed by atoms with Crippen LogP contribution in [-0.2, 0) is 4.74 Å². The number of rotatable bonds is 2. The van der Waals surface area contributed by atoms with Gasteiger partial charge in [-0.05, 0) is 18.1 Å². The highest BCUT2D eigenvalue weighted by Gasteiger charge is 2.33. The van der Waals surface area contributed by atoms with Crippen molar-refractivity contribution in [3.63, 3.8) is 0 Å². The van der Waals surface area contributed by atoms with Crippen LogP contribution >= 0.6 is 0 Å². The Morgan fingerprint density at radius 3 is 3.09 bits per heavy atom. The Hall–Kier alpha value is -2.14. The second kappa shape index (κ2) is 5.25. The first-order valence-corrected chi connectivity index (χ1v) is 7.77. The van der Waals surface area contributed by atoms with Crippen LogP contribution in [0.4, 0.5) is 5.69 Å². The Kier molecular flexibility index (Phi) is 3.22. The zero-order valence-corrected chi connectivity index (χ0v) is 12.6. The molecule has 1 aromatic carbocycles. The quantitative estimate of drug-likeness (QED) is 0.927. The summed E-state index contributed by atoms with van der Waals surface area (Å²) in [6.45, 7) is 4.30. The minimum Gasteiger partial charge on any atom is -0.381 e. The molecule has 2 atom stereocenters. The molecule has 0 bridgehead atoms. The highest BCUT2D eigenvalue weighted by Crippen LogP contribution is 2.37. The van der Waals surface area contributed by atoms with E-state index in [9.17, 15) is 4.79 Å². The van der Waals surface area contributed by atoms with E-state index >= 15 is 0 Å². The molecule has 0 unspecified atom stereocenters. The number of hydrogen-bond acceptors (Lipinski definition) is 3. The van der Waals surface area contributed by atoms with Crippen LogP contribution in [0, 0.1) is 0 Å². The molecule has 5 nitrogen and oxygen atoms in total. The molecule has 1 aromatic heterocycles. The van der Waals surface area contributed by atoms with E-state index < -0.39 is 0 Å². The molecule has 1 saturated heterocycles. The molecule has 2 aliphatic heterocycles. The van der Waals surface area contributed by atoms with Crippen molar-refractivity contribution in [2.45, 2.75) is 25.2 Å². The van der Waals surface area contributed by atoms with Crippen molar-refractivity contribution in [1.29, 1.82) is 0 Å². The molecule has 5 heteroatoms. The Morgan fingerprint density at radius 2 is 2.27 bits per heavy atom. The summed E-state index contributed by atoms with van der Waals surface area (Å²) >= 11 is 0. The van der Waals surface area contributed by atoms with Gasteiger partial charge in [-0.2, -0.15) is 5.10 Å². The Bertz CT molecular complexity index is 703. The van der Waals surface area contributed by atoms with Crippen molar-refractivity contribution in [3.8, 4) is 0 Å². The van der Waals surface area contributed by atoms with Gasteiger partial charge in [-0.25, -0.2) is 0 Å². The third-order valence-corrected chi connectivity index (χ3v) is 4.70. The van der Waals surface area contributed by atoms with Crippen LogP contribution in [0.15, 0.2) is 30.5 Å². The van der Waals surface area contributed by atoms with Crippen molar-refractivity contribution in [3.05, 3.63) is 47.3 Å². The van der Waals surface area contributed by atoms with Gasteiger partial charge in [-0.15, -0.1) is 0 Å². The number of ether oxygens (including phenoxy) is 1. The van der Waals surface area contributed by atoms with Gasteiger partial charge in [0.05, 0.1) is 24.1 Å². The van der Waals surface area contributed by atoms with Crippen LogP contribution in [-0.4, -0.2) is 35.9 Å². The minimum absolute atomic E-state index is 0.0347. The van der Waals surface area contributed by atoms with Crippen molar-refractivity contribution in [1.82, 2.24) is 10.2 Å². The van der Waals surface area contributed by atoms with E-state index in [-0.39, 0.29) is 11.8 Å². The molecular weight excluding hydrogens is 278 g/mol. The minimum atomic E-state index is 0.0347. The summed E-state index contributed by atoms with van der Waals surface area (Å²) in [5.74, 6) is 0.648. The highest BCUT2D eigenvalue weighted by molar-refractivity contribution is 6.08. The smallest absolute Gasteiger partial charge is 0.261 e. The third kappa shape index (κ3) is 2.04. The van der Waals surface area contributed by atoms with Crippen LogP contribution in [0.2, 0.25) is 0 Å². The number of nitrogens with one attached hydrogen (secondary N) is 1. The van der Waals surface area contributed by atoms with Gasteiger partial charge in [-0.1, -0.05) is 25.1 Å². The predicted molar refractivity (Wildman–Crippen MR) is 83.3 cm³/mol. The molecule has 2 aliphatic rings. The summed E-state index contributed by atoms with van der Waals surface area (Å²) < 4.78 is 5.44. The second-order valence-electron chi connectivity index (χ2n) is 6.13. The van der Waals surface area contributed by atoms with Crippen molar-refractivity contribution in [2.75, 3.05) is 24.7 Å². The van der Waals surface area contributed by atoms with Crippen LogP contribution < -0.4 is 4.90 Å². The fourth-order valence-electron chi connectivity index (χ4n) is 3.50. The van der Waals surface area contributed by atoms with Crippen LogP contribution in [0.25, 0.3) is 0 Å². The molecule has 1 fully saturated rings. The van der Waals surface area contributed by atoms with Crippen LogP contribution in [0.1, 0.15) is 46.8 Å². The van der Waals surface area contributed by atoms with Gasteiger partial charge in [-0.3, -0.25) is 9.89 Å². The second-order valence-corrected chi connectivity index (χ2v) is 6.13. The largest absolute Gasteiger partial charge is 0.381 e. The monoisotopic (exact) mass is 297 g/mol. The summed E-state index contributed by atoms with van der Waals surface area (Å²) in [6.07, 6.45) is 2.59. The number of anilines is 1. The van der Waals surface area contributed by atoms with Gasteiger partial charge in [0.2, 0.25) is 0 Å². The molecule has 1 N–H and O–H groups in total. The molecule has 114 valence electrons. The lowest BCUT2D eigenvalue weighted by atomic mass is 10.0. The summed E-state index contributed by atoms with van der Waals surface area (Å²) in [5, 5.41) is 7.12. The maximum absolute atomic E-state index is 13.0. The molecule has 3 heterocycles. The van der Waals surface area contributed by atoms with Crippen molar-refractivity contribution < 1.29 is 9.53 Å². The normalized spacial score (nSPS) is 23.8. The van der Waals surface area contributed by atoms with Crippen LogP contribution in [0.5, 0.6) is 0 Å². The first-order chi connectivity index (χ1) is 10.8. The average molecular weight is 297 g/mol. The molecule has 0 aliphatic carbocycles. The van der Waals surface area contributed by atoms with Crippen molar-refractivity contribution in [2.24, 2.45) is 0 Å². The van der Waals surface area contributed by atoms with Crippen molar-refractivity contribution >= 4 is 11.6 Å². The lowest BCUT2D eigenvalue weighted by molar-refractivity contribution is 0.0987.